The minimum Gasteiger partial charge on any atom is -0.489 e. The van der Waals surface area contributed by atoms with Crippen molar-refractivity contribution < 1.29 is 18.7 Å². The molecule has 2 aromatic carbocycles. The lowest BCUT2D eigenvalue weighted by Crippen LogP contribution is -2.12. The topological polar surface area (TPSA) is 67.8 Å². The van der Waals surface area contributed by atoms with Gasteiger partial charge in [0.2, 0.25) is 0 Å². The van der Waals surface area contributed by atoms with Crippen LogP contribution in [0.25, 0.3) is 0 Å². The van der Waals surface area contributed by atoms with Crippen molar-refractivity contribution in [1.82, 2.24) is 0 Å². The fourth-order valence-corrected chi connectivity index (χ4v) is 1.61. The Hall–Kier alpha value is -2.63. The van der Waals surface area contributed by atoms with Crippen LogP contribution < -0.4 is 10.5 Å². The summed E-state index contributed by atoms with van der Waals surface area (Å²) in [6.07, 6.45) is 0. The highest BCUT2D eigenvalue weighted by Gasteiger charge is 2.09. The van der Waals surface area contributed by atoms with Gasteiger partial charge in [-0.25, -0.2) is 8.78 Å². The van der Waals surface area contributed by atoms with Gasteiger partial charge in [-0.1, -0.05) is 11.2 Å². The Morgan fingerprint density at radius 3 is 2.25 bits per heavy atom. The molecule has 0 atom stereocenters. The van der Waals surface area contributed by atoms with Crippen LogP contribution in [0.5, 0.6) is 5.75 Å². The van der Waals surface area contributed by atoms with E-state index in [1.54, 1.807) is 24.3 Å². The maximum absolute atomic E-state index is 13.4. The molecule has 0 unspecified atom stereocenters. The van der Waals surface area contributed by atoms with Crippen LogP contribution in [0.1, 0.15) is 11.1 Å². The van der Waals surface area contributed by atoms with Crippen molar-refractivity contribution >= 4 is 5.84 Å². The standard InChI is InChI=1S/C14H12F2N2O2/c15-12-2-1-3-13(16)11(12)8-20-10-6-4-9(5-7-10)14(17)18-19/h1-7,19H,8H2,(H2,17,18). The van der Waals surface area contributed by atoms with E-state index in [1.807, 2.05) is 0 Å². The molecule has 0 aliphatic heterocycles. The van der Waals surface area contributed by atoms with Gasteiger partial charge in [-0.3, -0.25) is 0 Å². The van der Waals surface area contributed by atoms with Gasteiger partial charge in [-0.2, -0.15) is 0 Å². The molecule has 2 aromatic rings. The third kappa shape index (κ3) is 3.03. The van der Waals surface area contributed by atoms with Gasteiger partial charge in [0.25, 0.3) is 0 Å². The van der Waals surface area contributed by atoms with E-state index < -0.39 is 11.6 Å². The Morgan fingerprint density at radius 2 is 1.70 bits per heavy atom. The van der Waals surface area contributed by atoms with Gasteiger partial charge in [0.15, 0.2) is 5.84 Å². The number of amidine groups is 1. The average Bonchev–Trinajstić information content (AvgIpc) is 2.46. The fraction of sp³-hybridized carbons (Fsp3) is 0.0714. The van der Waals surface area contributed by atoms with Crippen molar-refractivity contribution in [2.24, 2.45) is 10.9 Å². The summed E-state index contributed by atoms with van der Waals surface area (Å²) < 4.78 is 32.1. The van der Waals surface area contributed by atoms with Crippen LogP contribution >= 0.6 is 0 Å². The monoisotopic (exact) mass is 278 g/mol. The summed E-state index contributed by atoms with van der Waals surface area (Å²) in [4.78, 5) is 0. The Kier molecular flexibility index (Phi) is 4.14. The number of oxime groups is 1. The molecule has 20 heavy (non-hydrogen) atoms. The largest absolute Gasteiger partial charge is 0.489 e. The number of halogens is 2. The van der Waals surface area contributed by atoms with Crippen molar-refractivity contribution in [3.05, 3.63) is 65.2 Å². The highest BCUT2D eigenvalue weighted by atomic mass is 19.1. The molecule has 0 saturated carbocycles. The molecule has 0 aliphatic rings. The van der Waals surface area contributed by atoms with E-state index in [9.17, 15) is 8.78 Å². The van der Waals surface area contributed by atoms with Crippen LogP contribution in [0, 0.1) is 11.6 Å². The Morgan fingerprint density at radius 1 is 1.10 bits per heavy atom. The van der Waals surface area contributed by atoms with Gasteiger partial charge >= 0.3 is 0 Å². The van der Waals surface area contributed by atoms with Crippen LogP contribution in [0.2, 0.25) is 0 Å². The van der Waals surface area contributed by atoms with Crippen molar-refractivity contribution in [2.45, 2.75) is 6.61 Å². The number of nitrogens with two attached hydrogens (primary N) is 1. The van der Waals surface area contributed by atoms with Crippen LogP contribution in [-0.2, 0) is 6.61 Å². The van der Waals surface area contributed by atoms with Crippen LogP contribution in [0.4, 0.5) is 8.78 Å². The van der Waals surface area contributed by atoms with Crippen molar-refractivity contribution in [3.8, 4) is 5.75 Å². The van der Waals surface area contributed by atoms with Crippen LogP contribution in [0.3, 0.4) is 0 Å². The molecule has 4 nitrogen and oxygen atoms in total. The lowest BCUT2D eigenvalue weighted by Gasteiger charge is -2.08. The second-order valence-corrected chi connectivity index (χ2v) is 4.00. The van der Waals surface area contributed by atoms with Crippen molar-refractivity contribution in [1.29, 1.82) is 0 Å². The van der Waals surface area contributed by atoms with Gasteiger partial charge < -0.3 is 15.7 Å². The van der Waals surface area contributed by atoms with E-state index in [2.05, 4.69) is 5.16 Å². The predicted molar refractivity (Wildman–Crippen MR) is 69.6 cm³/mol. The zero-order chi connectivity index (χ0) is 14.5. The van der Waals surface area contributed by atoms with Gasteiger partial charge in [0.1, 0.15) is 24.0 Å². The first kappa shape index (κ1) is 13.8. The second-order valence-electron chi connectivity index (χ2n) is 4.00. The van der Waals surface area contributed by atoms with Gasteiger partial charge in [0.05, 0.1) is 5.56 Å². The van der Waals surface area contributed by atoms with E-state index in [4.69, 9.17) is 15.7 Å². The molecule has 0 aromatic heterocycles. The molecule has 0 aliphatic carbocycles. The van der Waals surface area contributed by atoms with Gasteiger partial charge in [-0.05, 0) is 36.4 Å². The normalized spacial score (nSPS) is 11.4. The summed E-state index contributed by atoms with van der Waals surface area (Å²) in [5.74, 6) is -0.921. The molecule has 0 spiro atoms. The van der Waals surface area contributed by atoms with Gasteiger partial charge in [0, 0.05) is 5.56 Å². The third-order valence-electron chi connectivity index (χ3n) is 2.70. The summed E-state index contributed by atoms with van der Waals surface area (Å²) in [6, 6.07) is 9.90. The minimum atomic E-state index is -0.654. The predicted octanol–water partition coefficient (Wildman–Crippen LogP) is 2.64. The number of ether oxygens (including phenoxy) is 1. The smallest absolute Gasteiger partial charge is 0.170 e. The number of hydrogen-bond donors (Lipinski definition) is 2. The maximum Gasteiger partial charge on any atom is 0.170 e. The molecule has 0 radical (unpaired) electrons. The molecule has 0 heterocycles. The van der Waals surface area contributed by atoms with E-state index in [0.29, 0.717) is 11.3 Å². The average molecular weight is 278 g/mol. The zero-order valence-electron chi connectivity index (χ0n) is 10.4. The highest BCUT2D eigenvalue weighted by molar-refractivity contribution is 5.97. The number of hydrogen-bond acceptors (Lipinski definition) is 3. The number of benzene rings is 2. The lowest BCUT2D eigenvalue weighted by molar-refractivity contribution is 0.292. The van der Waals surface area contributed by atoms with Gasteiger partial charge in [-0.15, -0.1) is 0 Å². The van der Waals surface area contributed by atoms with Crippen molar-refractivity contribution in [3.63, 3.8) is 0 Å². The molecule has 0 saturated heterocycles. The molecule has 6 heteroatoms. The second kappa shape index (κ2) is 6.01. The quantitative estimate of drug-likeness (QED) is 0.391. The van der Waals surface area contributed by atoms with Crippen molar-refractivity contribution in [2.75, 3.05) is 0 Å². The van der Waals surface area contributed by atoms with E-state index in [0.717, 1.165) is 0 Å². The molecule has 0 fully saturated rings. The summed E-state index contributed by atoms with van der Waals surface area (Å²) in [6.45, 7) is -0.221. The fourth-order valence-electron chi connectivity index (χ4n) is 1.61. The summed E-state index contributed by atoms with van der Waals surface area (Å²) in [5.41, 5.74) is 5.79. The third-order valence-corrected chi connectivity index (χ3v) is 2.70. The SMILES string of the molecule is N/C(=N/O)c1ccc(OCc2c(F)cccc2F)cc1. The number of rotatable bonds is 4. The molecule has 2 rings (SSSR count). The summed E-state index contributed by atoms with van der Waals surface area (Å²) in [7, 11) is 0. The first-order chi connectivity index (χ1) is 9.61. The molecule has 104 valence electrons. The molecular formula is C14H12F2N2O2. The highest BCUT2D eigenvalue weighted by Crippen LogP contribution is 2.17. The molecular weight excluding hydrogens is 266 g/mol. The summed E-state index contributed by atoms with van der Waals surface area (Å²) in [5, 5.41) is 11.4. The van der Waals surface area contributed by atoms with E-state index in [1.165, 1.54) is 18.2 Å². The Bertz CT molecular complexity index is 607. The minimum absolute atomic E-state index is 0.0308. The Balaban J connectivity index is 2.08. The maximum atomic E-state index is 13.4. The van der Waals surface area contributed by atoms with Crippen LogP contribution in [-0.4, -0.2) is 11.0 Å². The molecule has 0 bridgehead atoms. The van der Waals surface area contributed by atoms with Crippen LogP contribution in [0.15, 0.2) is 47.6 Å². The zero-order valence-corrected chi connectivity index (χ0v) is 10.4. The summed E-state index contributed by atoms with van der Waals surface area (Å²) >= 11 is 0. The Labute approximate surface area is 114 Å². The van der Waals surface area contributed by atoms with E-state index >= 15 is 0 Å². The molecule has 3 N–H and O–H groups in total. The molecule has 0 amide bonds. The lowest BCUT2D eigenvalue weighted by atomic mass is 10.2. The van der Waals surface area contributed by atoms with E-state index in [-0.39, 0.29) is 18.0 Å². The number of nitrogens with zero attached hydrogens (tertiary/aromatic N) is 1. The first-order valence-corrected chi connectivity index (χ1v) is 5.75. The first-order valence-electron chi connectivity index (χ1n) is 5.75.